The third-order valence-electron chi connectivity index (χ3n) is 5.44. The van der Waals surface area contributed by atoms with Crippen molar-refractivity contribution in [1.29, 1.82) is 0 Å². The lowest BCUT2D eigenvalue weighted by molar-refractivity contribution is -0.120. The normalized spacial score (nSPS) is 10.7. The zero-order valence-electron chi connectivity index (χ0n) is 18.4. The van der Waals surface area contributed by atoms with Crippen LogP contribution in [0.1, 0.15) is 28.1 Å². The molecule has 0 fully saturated rings. The van der Waals surface area contributed by atoms with Crippen molar-refractivity contribution in [2.45, 2.75) is 33.4 Å². The van der Waals surface area contributed by atoms with Crippen molar-refractivity contribution in [2.75, 3.05) is 0 Å². The fourth-order valence-corrected chi connectivity index (χ4v) is 3.61. The molecule has 1 heterocycles. The molecule has 1 amide bonds. The summed E-state index contributed by atoms with van der Waals surface area (Å²) < 4.78 is 7.67. The number of aromatic nitrogens is 2. The topological polar surface area (TPSA) is 56.2 Å². The molecule has 0 aliphatic heterocycles. The smallest absolute Gasteiger partial charge is 0.224 e. The third-order valence-corrected chi connectivity index (χ3v) is 5.44. The third kappa shape index (κ3) is 5.24. The van der Waals surface area contributed by atoms with E-state index in [1.54, 1.807) is 0 Å². The molecule has 3 aromatic carbocycles. The lowest BCUT2D eigenvalue weighted by Gasteiger charge is -2.09. The maximum atomic E-state index is 12.6. The lowest BCUT2D eigenvalue weighted by atomic mass is 10.1. The average molecular weight is 426 g/mol. The molecule has 1 aromatic heterocycles. The monoisotopic (exact) mass is 425 g/mol. The molecule has 4 aromatic rings. The summed E-state index contributed by atoms with van der Waals surface area (Å²) in [5.74, 6) is 0.838. The van der Waals surface area contributed by atoms with Crippen molar-refractivity contribution >= 4 is 5.91 Å². The quantitative estimate of drug-likeness (QED) is 0.436. The second-order valence-electron chi connectivity index (χ2n) is 7.77. The van der Waals surface area contributed by atoms with Gasteiger partial charge in [0.15, 0.2) is 0 Å². The van der Waals surface area contributed by atoms with Gasteiger partial charge in [-0.25, -0.2) is 4.68 Å². The number of benzene rings is 3. The minimum Gasteiger partial charge on any atom is -0.489 e. The summed E-state index contributed by atoms with van der Waals surface area (Å²) in [6.45, 7) is 4.96. The van der Waals surface area contributed by atoms with Crippen molar-refractivity contribution in [3.63, 3.8) is 0 Å². The second-order valence-corrected chi connectivity index (χ2v) is 7.77. The Labute approximate surface area is 188 Å². The van der Waals surface area contributed by atoms with Crippen LogP contribution in [0.15, 0.2) is 84.9 Å². The summed E-state index contributed by atoms with van der Waals surface area (Å²) in [7, 11) is 0. The Hall–Kier alpha value is -3.86. The van der Waals surface area contributed by atoms with E-state index in [-0.39, 0.29) is 5.91 Å². The molecule has 0 saturated carbocycles. The highest BCUT2D eigenvalue weighted by molar-refractivity contribution is 5.79. The number of amides is 1. The first kappa shape index (κ1) is 21.4. The number of hydrogen-bond donors (Lipinski definition) is 1. The van der Waals surface area contributed by atoms with Crippen LogP contribution in [0.3, 0.4) is 0 Å². The predicted octanol–water partition coefficient (Wildman–Crippen LogP) is 4.93. The van der Waals surface area contributed by atoms with Crippen LogP contribution in [0.4, 0.5) is 0 Å². The molecule has 162 valence electrons. The van der Waals surface area contributed by atoms with Gasteiger partial charge in [-0.05, 0) is 49.2 Å². The van der Waals surface area contributed by atoms with Gasteiger partial charge in [-0.1, -0.05) is 60.7 Å². The van der Waals surface area contributed by atoms with Gasteiger partial charge in [-0.3, -0.25) is 4.79 Å². The van der Waals surface area contributed by atoms with Gasteiger partial charge in [-0.15, -0.1) is 0 Å². The van der Waals surface area contributed by atoms with Gasteiger partial charge in [0.2, 0.25) is 5.91 Å². The van der Waals surface area contributed by atoms with Gasteiger partial charge >= 0.3 is 0 Å². The van der Waals surface area contributed by atoms with Gasteiger partial charge in [0.25, 0.3) is 0 Å². The zero-order chi connectivity index (χ0) is 22.3. The van der Waals surface area contributed by atoms with Crippen molar-refractivity contribution in [2.24, 2.45) is 0 Å². The molecule has 0 unspecified atom stereocenters. The summed E-state index contributed by atoms with van der Waals surface area (Å²) in [6.07, 6.45) is 0.313. The van der Waals surface area contributed by atoms with Gasteiger partial charge < -0.3 is 10.1 Å². The Morgan fingerprint density at radius 2 is 1.50 bits per heavy atom. The number of rotatable bonds is 8. The Morgan fingerprint density at radius 3 is 2.19 bits per heavy atom. The first-order valence-corrected chi connectivity index (χ1v) is 10.7. The van der Waals surface area contributed by atoms with E-state index in [9.17, 15) is 4.79 Å². The predicted molar refractivity (Wildman–Crippen MR) is 126 cm³/mol. The first-order valence-electron chi connectivity index (χ1n) is 10.7. The summed E-state index contributed by atoms with van der Waals surface area (Å²) in [5, 5.41) is 7.65. The Kier molecular flexibility index (Phi) is 6.66. The summed E-state index contributed by atoms with van der Waals surface area (Å²) in [4.78, 5) is 12.6. The molecular weight excluding hydrogens is 398 g/mol. The van der Waals surface area contributed by atoms with Crippen LogP contribution in [0.5, 0.6) is 5.75 Å². The lowest BCUT2D eigenvalue weighted by Crippen LogP contribution is -2.25. The maximum Gasteiger partial charge on any atom is 0.224 e. The minimum absolute atomic E-state index is 0.0136. The van der Waals surface area contributed by atoms with Crippen molar-refractivity contribution in [3.05, 3.63) is 113 Å². The number of ether oxygens (including phenoxy) is 1. The molecule has 0 aliphatic carbocycles. The van der Waals surface area contributed by atoms with Crippen LogP contribution in [-0.4, -0.2) is 15.7 Å². The van der Waals surface area contributed by atoms with Crippen LogP contribution in [0.25, 0.3) is 5.69 Å². The standard InChI is InChI=1S/C27H27N3O2/c1-20-26(21(2)30(29-20)24-9-5-3-6-10-24)17-27(31)28-18-22-13-15-23(16-14-22)19-32-25-11-7-4-8-12-25/h3-16H,17-19H2,1-2H3,(H,28,31). The van der Waals surface area contributed by atoms with E-state index in [4.69, 9.17) is 4.74 Å². The van der Waals surface area contributed by atoms with Gasteiger partial charge in [-0.2, -0.15) is 5.10 Å². The van der Waals surface area contributed by atoms with Crippen molar-refractivity contribution in [3.8, 4) is 11.4 Å². The molecule has 0 saturated heterocycles. The molecule has 5 heteroatoms. The Bertz CT molecular complexity index is 1170. The van der Waals surface area contributed by atoms with Crippen LogP contribution < -0.4 is 10.1 Å². The molecule has 4 rings (SSSR count). The van der Waals surface area contributed by atoms with Gasteiger partial charge in [0, 0.05) is 17.8 Å². The van der Waals surface area contributed by atoms with E-state index in [0.717, 1.165) is 39.5 Å². The molecule has 32 heavy (non-hydrogen) atoms. The molecular formula is C27H27N3O2. The molecule has 5 nitrogen and oxygen atoms in total. The average Bonchev–Trinajstić information content (AvgIpc) is 3.11. The van der Waals surface area contributed by atoms with E-state index in [1.165, 1.54) is 0 Å². The van der Waals surface area contributed by atoms with Crippen LogP contribution in [0, 0.1) is 13.8 Å². The molecule has 0 spiro atoms. The van der Waals surface area contributed by atoms with Gasteiger partial charge in [0.1, 0.15) is 12.4 Å². The summed E-state index contributed by atoms with van der Waals surface area (Å²) in [6, 6.07) is 27.8. The number of aryl methyl sites for hydroxylation is 1. The van der Waals surface area contributed by atoms with E-state index in [0.29, 0.717) is 19.6 Å². The Balaban J connectivity index is 1.31. The number of para-hydroxylation sites is 2. The van der Waals surface area contributed by atoms with Crippen LogP contribution in [0.2, 0.25) is 0 Å². The Morgan fingerprint density at radius 1 is 0.875 bits per heavy atom. The van der Waals surface area contributed by atoms with Crippen molar-refractivity contribution < 1.29 is 9.53 Å². The van der Waals surface area contributed by atoms with E-state index >= 15 is 0 Å². The van der Waals surface area contributed by atoms with Crippen LogP contribution >= 0.6 is 0 Å². The number of nitrogens with zero attached hydrogens (tertiary/aromatic N) is 2. The highest BCUT2D eigenvalue weighted by Gasteiger charge is 2.15. The molecule has 0 atom stereocenters. The molecule has 0 aliphatic rings. The number of carbonyl (C=O) groups is 1. The molecule has 0 radical (unpaired) electrons. The number of nitrogens with one attached hydrogen (secondary N) is 1. The summed E-state index contributed by atoms with van der Waals surface area (Å²) >= 11 is 0. The SMILES string of the molecule is Cc1nn(-c2ccccc2)c(C)c1CC(=O)NCc1ccc(COc2ccccc2)cc1. The van der Waals surface area contributed by atoms with E-state index in [2.05, 4.69) is 10.4 Å². The van der Waals surface area contributed by atoms with Crippen LogP contribution in [-0.2, 0) is 24.4 Å². The maximum absolute atomic E-state index is 12.6. The largest absolute Gasteiger partial charge is 0.489 e. The molecule has 1 N–H and O–H groups in total. The number of carbonyl (C=O) groups excluding carboxylic acids is 1. The highest BCUT2D eigenvalue weighted by Crippen LogP contribution is 2.18. The minimum atomic E-state index is -0.0136. The fourth-order valence-electron chi connectivity index (χ4n) is 3.61. The van der Waals surface area contributed by atoms with E-state index in [1.807, 2.05) is 103 Å². The highest BCUT2D eigenvalue weighted by atomic mass is 16.5. The summed E-state index contributed by atoms with van der Waals surface area (Å²) in [5.41, 5.74) is 5.98. The van der Waals surface area contributed by atoms with Crippen molar-refractivity contribution in [1.82, 2.24) is 15.1 Å². The first-order chi connectivity index (χ1) is 15.6. The second kappa shape index (κ2) is 9.96. The van der Waals surface area contributed by atoms with Gasteiger partial charge in [0.05, 0.1) is 17.8 Å². The zero-order valence-corrected chi connectivity index (χ0v) is 18.4. The molecule has 0 bridgehead atoms. The fraction of sp³-hybridized carbons (Fsp3) is 0.185. The van der Waals surface area contributed by atoms with E-state index < -0.39 is 0 Å². The number of hydrogen-bond acceptors (Lipinski definition) is 3.